The third kappa shape index (κ3) is 6.49. The molecule has 2 rings (SSSR count). The van der Waals surface area contributed by atoms with E-state index < -0.39 is 16.1 Å². The number of rotatable bonds is 9. The average Bonchev–Trinajstić information content (AvgIpc) is 2.67. The van der Waals surface area contributed by atoms with Gasteiger partial charge in [-0.2, -0.15) is 0 Å². The summed E-state index contributed by atoms with van der Waals surface area (Å²) in [6.45, 7) is 7.71. The smallest absolute Gasteiger partial charge is 0.243 e. The summed E-state index contributed by atoms with van der Waals surface area (Å²) in [5, 5.41) is 2.84. The lowest BCUT2D eigenvalue weighted by atomic mass is 10.1. The van der Waals surface area contributed by atoms with Gasteiger partial charge in [-0.25, -0.2) is 8.42 Å². The molecular formula is C22H30N2O4S. The molecule has 0 radical (unpaired) electrons. The van der Waals surface area contributed by atoms with Crippen molar-refractivity contribution in [1.82, 2.24) is 5.32 Å². The monoisotopic (exact) mass is 418 g/mol. The first-order valence-corrected chi connectivity index (χ1v) is 11.5. The Bertz CT molecular complexity index is 909. The van der Waals surface area contributed by atoms with Crippen LogP contribution in [0.5, 0.6) is 5.75 Å². The Morgan fingerprint density at radius 1 is 1.07 bits per heavy atom. The molecule has 1 N–H and O–H groups in total. The molecule has 0 spiro atoms. The highest BCUT2D eigenvalue weighted by Crippen LogP contribution is 2.22. The lowest BCUT2D eigenvalue weighted by molar-refractivity contribution is -0.122. The molecule has 0 unspecified atom stereocenters. The number of nitrogens with zero attached hydrogens (tertiary/aromatic N) is 1. The number of benzene rings is 2. The van der Waals surface area contributed by atoms with E-state index in [0.29, 0.717) is 5.69 Å². The number of aryl methyl sites for hydroxylation is 2. The summed E-state index contributed by atoms with van der Waals surface area (Å²) in [5.41, 5.74) is 2.71. The Balaban J connectivity index is 2.04. The zero-order valence-corrected chi connectivity index (χ0v) is 18.5. The summed E-state index contributed by atoms with van der Waals surface area (Å²) in [6, 6.07) is 13.7. The number of nitrogens with one attached hydrogen (secondary N) is 1. The van der Waals surface area contributed by atoms with Gasteiger partial charge in [0.1, 0.15) is 18.4 Å². The minimum Gasteiger partial charge on any atom is -0.491 e. The molecule has 6 nitrogen and oxygen atoms in total. The SMILES string of the molecule is CCc1ccc(N([C@@H](C)C(=O)N[C@H](C)COc2ccc(C)cc2)S(C)(=O)=O)cc1. The van der Waals surface area contributed by atoms with Crippen molar-refractivity contribution in [1.29, 1.82) is 0 Å². The molecule has 2 aromatic rings. The summed E-state index contributed by atoms with van der Waals surface area (Å²) in [4.78, 5) is 12.7. The van der Waals surface area contributed by atoms with Crippen molar-refractivity contribution in [2.24, 2.45) is 0 Å². The number of ether oxygens (including phenoxy) is 1. The summed E-state index contributed by atoms with van der Waals surface area (Å²) in [5.74, 6) is 0.341. The molecule has 0 heterocycles. The van der Waals surface area contributed by atoms with Crippen LogP contribution in [0.1, 0.15) is 31.9 Å². The van der Waals surface area contributed by atoms with Crippen molar-refractivity contribution >= 4 is 21.6 Å². The number of hydrogen-bond acceptors (Lipinski definition) is 4. The van der Waals surface area contributed by atoms with Gasteiger partial charge >= 0.3 is 0 Å². The van der Waals surface area contributed by atoms with Crippen LogP contribution in [0.2, 0.25) is 0 Å². The molecule has 2 aromatic carbocycles. The fourth-order valence-corrected chi connectivity index (χ4v) is 4.12. The van der Waals surface area contributed by atoms with Crippen molar-refractivity contribution in [2.45, 2.75) is 46.2 Å². The van der Waals surface area contributed by atoms with Gasteiger partial charge in [0, 0.05) is 0 Å². The highest BCUT2D eigenvalue weighted by atomic mass is 32.2. The molecule has 0 aliphatic carbocycles. The van der Waals surface area contributed by atoms with Gasteiger partial charge in [0.05, 0.1) is 18.0 Å². The second kappa shape index (κ2) is 9.78. The van der Waals surface area contributed by atoms with Crippen LogP contribution in [0.3, 0.4) is 0 Å². The van der Waals surface area contributed by atoms with Gasteiger partial charge in [-0.1, -0.05) is 36.8 Å². The number of sulfonamides is 1. The van der Waals surface area contributed by atoms with E-state index in [9.17, 15) is 13.2 Å². The van der Waals surface area contributed by atoms with Gasteiger partial charge in [-0.15, -0.1) is 0 Å². The average molecular weight is 419 g/mol. The molecule has 0 fully saturated rings. The fourth-order valence-electron chi connectivity index (χ4n) is 2.95. The topological polar surface area (TPSA) is 75.7 Å². The van der Waals surface area contributed by atoms with E-state index in [0.717, 1.165) is 33.9 Å². The molecule has 0 bridgehead atoms. The van der Waals surface area contributed by atoms with Gasteiger partial charge in [0.15, 0.2) is 0 Å². The summed E-state index contributed by atoms with van der Waals surface area (Å²) in [6.07, 6.45) is 1.96. The molecule has 0 saturated carbocycles. The van der Waals surface area contributed by atoms with Gasteiger partial charge in [0.25, 0.3) is 0 Å². The molecule has 158 valence electrons. The van der Waals surface area contributed by atoms with Crippen molar-refractivity contribution in [3.63, 3.8) is 0 Å². The van der Waals surface area contributed by atoms with Gasteiger partial charge < -0.3 is 10.1 Å². The standard InChI is InChI=1S/C22H30N2O4S/c1-6-19-9-11-20(12-10-19)24(29(5,26)27)18(4)22(25)23-17(3)15-28-21-13-7-16(2)8-14-21/h7-14,17-18H,6,15H2,1-5H3,(H,23,25)/t17-,18+/m1/s1. The second-order valence-electron chi connectivity index (χ2n) is 7.29. The molecule has 1 amide bonds. The van der Waals surface area contributed by atoms with E-state index in [1.54, 1.807) is 19.1 Å². The van der Waals surface area contributed by atoms with Crippen molar-refractivity contribution < 1.29 is 17.9 Å². The van der Waals surface area contributed by atoms with E-state index in [1.807, 2.05) is 57.2 Å². The molecule has 0 aromatic heterocycles. The molecule has 29 heavy (non-hydrogen) atoms. The summed E-state index contributed by atoms with van der Waals surface area (Å²) >= 11 is 0. The lowest BCUT2D eigenvalue weighted by Crippen LogP contribution is -2.50. The predicted molar refractivity (Wildman–Crippen MR) is 117 cm³/mol. The number of carbonyl (C=O) groups is 1. The van der Waals surface area contributed by atoms with Gasteiger partial charge in [0.2, 0.25) is 15.9 Å². The van der Waals surface area contributed by atoms with Crippen LogP contribution in [0.15, 0.2) is 48.5 Å². The highest BCUT2D eigenvalue weighted by molar-refractivity contribution is 7.92. The third-order valence-corrected chi connectivity index (χ3v) is 5.84. The largest absolute Gasteiger partial charge is 0.491 e. The highest BCUT2D eigenvalue weighted by Gasteiger charge is 2.29. The quantitative estimate of drug-likeness (QED) is 0.678. The fraction of sp³-hybridized carbons (Fsp3) is 0.409. The first kappa shape index (κ1) is 22.7. The maximum Gasteiger partial charge on any atom is 0.243 e. The Morgan fingerprint density at radius 2 is 1.66 bits per heavy atom. The molecule has 7 heteroatoms. The van der Waals surface area contributed by atoms with E-state index in [-0.39, 0.29) is 18.6 Å². The Morgan fingerprint density at radius 3 is 2.17 bits per heavy atom. The number of carbonyl (C=O) groups excluding carboxylic acids is 1. The Labute approximate surface area is 173 Å². The zero-order valence-electron chi connectivity index (χ0n) is 17.7. The summed E-state index contributed by atoms with van der Waals surface area (Å²) in [7, 11) is -3.64. The van der Waals surface area contributed by atoms with Crippen molar-refractivity contribution in [3.05, 3.63) is 59.7 Å². The molecule has 2 atom stereocenters. The summed E-state index contributed by atoms with van der Waals surface area (Å²) < 4.78 is 31.6. The molecule has 0 aliphatic heterocycles. The minimum atomic E-state index is -3.64. The molecule has 0 saturated heterocycles. The molecular weight excluding hydrogens is 388 g/mol. The van der Waals surface area contributed by atoms with E-state index in [1.165, 1.54) is 0 Å². The Kier molecular flexibility index (Phi) is 7.67. The van der Waals surface area contributed by atoms with Crippen LogP contribution in [0.4, 0.5) is 5.69 Å². The minimum absolute atomic E-state index is 0.282. The number of amides is 1. The maximum atomic E-state index is 12.7. The Hall–Kier alpha value is -2.54. The number of hydrogen-bond donors (Lipinski definition) is 1. The van der Waals surface area contributed by atoms with Crippen LogP contribution < -0.4 is 14.4 Å². The zero-order chi connectivity index (χ0) is 21.6. The van der Waals surface area contributed by atoms with Crippen molar-refractivity contribution in [2.75, 3.05) is 17.2 Å². The first-order chi connectivity index (χ1) is 13.6. The first-order valence-electron chi connectivity index (χ1n) is 9.70. The molecule has 0 aliphatic rings. The van der Waals surface area contributed by atoms with Crippen molar-refractivity contribution in [3.8, 4) is 5.75 Å². The van der Waals surface area contributed by atoms with Gasteiger partial charge in [-0.05, 0) is 57.0 Å². The van der Waals surface area contributed by atoms with Crippen LogP contribution in [-0.4, -0.2) is 39.3 Å². The van der Waals surface area contributed by atoms with E-state index in [2.05, 4.69) is 5.32 Å². The van der Waals surface area contributed by atoms with E-state index >= 15 is 0 Å². The number of anilines is 1. The van der Waals surface area contributed by atoms with E-state index in [4.69, 9.17) is 4.74 Å². The predicted octanol–water partition coefficient (Wildman–Crippen LogP) is 3.30. The normalized spacial score (nSPS) is 13.4. The maximum absolute atomic E-state index is 12.7. The van der Waals surface area contributed by atoms with Crippen LogP contribution >= 0.6 is 0 Å². The van der Waals surface area contributed by atoms with Crippen LogP contribution in [-0.2, 0) is 21.2 Å². The van der Waals surface area contributed by atoms with Crippen LogP contribution in [0.25, 0.3) is 0 Å². The third-order valence-electron chi connectivity index (χ3n) is 4.60. The van der Waals surface area contributed by atoms with Gasteiger partial charge in [-0.3, -0.25) is 9.10 Å². The lowest BCUT2D eigenvalue weighted by Gasteiger charge is -2.29. The second-order valence-corrected chi connectivity index (χ2v) is 9.15. The van der Waals surface area contributed by atoms with Crippen LogP contribution in [0, 0.1) is 6.92 Å².